The number of nitrogens with zero attached hydrogens (tertiary/aromatic N) is 1. The van der Waals surface area contributed by atoms with Crippen LogP contribution < -0.4 is 11.2 Å². The second-order valence-corrected chi connectivity index (χ2v) is 4.46. The summed E-state index contributed by atoms with van der Waals surface area (Å²) in [5.74, 6) is -0.359. The Hall–Kier alpha value is -1.98. The summed E-state index contributed by atoms with van der Waals surface area (Å²) in [7, 11) is 0. The topological polar surface area (TPSA) is 71.9 Å². The number of carbonyl (C=O) groups is 1. The average molecular weight is 266 g/mol. The monoisotopic (exact) mass is 266 g/mol. The molecule has 0 saturated heterocycles. The van der Waals surface area contributed by atoms with Crippen LogP contribution in [0.3, 0.4) is 0 Å². The van der Waals surface area contributed by atoms with Gasteiger partial charge in [0.1, 0.15) is 12.4 Å². The number of hydrogen-bond acceptors (Lipinski definition) is 3. The number of alkyl halides is 1. The quantitative estimate of drug-likeness (QED) is 0.872. The molecule has 102 valence electrons. The van der Waals surface area contributed by atoms with Crippen molar-refractivity contribution in [1.29, 1.82) is 0 Å². The zero-order valence-electron chi connectivity index (χ0n) is 10.7. The molecule has 0 unspecified atom stereocenters. The number of aromatic nitrogens is 2. The van der Waals surface area contributed by atoms with E-state index in [2.05, 4.69) is 4.98 Å². The number of unbranched alkanes of at least 4 members (excludes halogenated alkanes) is 1. The first-order valence-corrected chi connectivity index (χ1v) is 6.28. The predicted octanol–water partition coefficient (Wildman–Crippen LogP) is 1.28. The Morgan fingerprint density at radius 1 is 1.32 bits per heavy atom. The molecule has 1 N–H and O–H groups in total. The lowest BCUT2D eigenvalue weighted by Gasteiger charge is -2.07. The van der Waals surface area contributed by atoms with E-state index >= 15 is 0 Å². The number of rotatable bonds is 5. The first kappa shape index (κ1) is 13.5. The molecule has 0 fully saturated rings. The number of halogens is 1. The summed E-state index contributed by atoms with van der Waals surface area (Å²) >= 11 is 0. The van der Waals surface area contributed by atoms with Gasteiger partial charge in [0.05, 0.1) is 12.1 Å². The Kier molecular flexibility index (Phi) is 3.78. The molecule has 0 saturated carbocycles. The molecule has 0 spiro atoms. The van der Waals surface area contributed by atoms with Gasteiger partial charge in [-0.2, -0.15) is 0 Å². The molecule has 19 heavy (non-hydrogen) atoms. The van der Waals surface area contributed by atoms with Crippen LogP contribution in [-0.2, 0) is 6.54 Å². The van der Waals surface area contributed by atoms with Crippen LogP contribution in [0.4, 0.5) is 4.39 Å². The Balaban J connectivity index is 2.57. The minimum atomic E-state index is -0.802. The van der Waals surface area contributed by atoms with Crippen molar-refractivity contribution in [1.82, 2.24) is 9.55 Å². The van der Waals surface area contributed by atoms with E-state index in [1.165, 1.54) is 6.08 Å². The minimum absolute atomic E-state index is 0.0382. The van der Waals surface area contributed by atoms with Gasteiger partial charge in [-0.3, -0.25) is 14.2 Å². The van der Waals surface area contributed by atoms with Crippen LogP contribution in [0.25, 0.3) is 5.57 Å². The van der Waals surface area contributed by atoms with Crippen molar-refractivity contribution in [2.75, 3.05) is 6.67 Å². The van der Waals surface area contributed by atoms with Gasteiger partial charge in [0.25, 0.3) is 5.56 Å². The summed E-state index contributed by atoms with van der Waals surface area (Å²) in [6, 6.07) is 0. The van der Waals surface area contributed by atoms with E-state index in [1.54, 1.807) is 0 Å². The van der Waals surface area contributed by atoms with Crippen LogP contribution in [-0.4, -0.2) is 22.0 Å². The smallest absolute Gasteiger partial charge is 0.303 e. The molecule has 1 aromatic rings. The molecule has 1 aromatic heterocycles. The molecule has 1 aliphatic carbocycles. The molecule has 0 bridgehead atoms. The van der Waals surface area contributed by atoms with Gasteiger partial charge in [0, 0.05) is 0 Å². The number of nitrogens with one attached hydrogen (secondary N) is 1. The van der Waals surface area contributed by atoms with Crippen molar-refractivity contribution in [2.24, 2.45) is 0 Å². The zero-order valence-corrected chi connectivity index (χ0v) is 10.7. The fourth-order valence-electron chi connectivity index (χ4n) is 2.21. The molecule has 0 radical (unpaired) electrons. The molecule has 0 atom stereocenters. The molecule has 1 heterocycles. The van der Waals surface area contributed by atoms with E-state index in [1.807, 2.05) is 6.92 Å². The SMILES string of the molecule is CCCCC1=CC(=O)c2[nH]c(=O)n(CCF)c(=O)c21. The molecule has 6 heteroatoms. The summed E-state index contributed by atoms with van der Waals surface area (Å²) in [4.78, 5) is 37.9. The maximum Gasteiger partial charge on any atom is 0.329 e. The van der Waals surface area contributed by atoms with Crippen LogP contribution in [0.5, 0.6) is 0 Å². The highest BCUT2D eigenvalue weighted by Gasteiger charge is 2.26. The number of aromatic amines is 1. The van der Waals surface area contributed by atoms with Crippen LogP contribution in [0.2, 0.25) is 0 Å². The van der Waals surface area contributed by atoms with Gasteiger partial charge in [-0.15, -0.1) is 0 Å². The largest absolute Gasteiger partial charge is 0.329 e. The Morgan fingerprint density at radius 2 is 2.05 bits per heavy atom. The lowest BCUT2D eigenvalue weighted by molar-refractivity contribution is 0.104. The number of carbonyl (C=O) groups excluding carboxylic acids is 1. The second kappa shape index (κ2) is 5.34. The van der Waals surface area contributed by atoms with Crippen LogP contribution in [0.15, 0.2) is 15.7 Å². The summed E-state index contributed by atoms with van der Waals surface area (Å²) < 4.78 is 13.2. The van der Waals surface area contributed by atoms with Gasteiger partial charge in [0.15, 0.2) is 0 Å². The molecule has 1 aliphatic rings. The van der Waals surface area contributed by atoms with Gasteiger partial charge in [0.2, 0.25) is 5.78 Å². The fraction of sp³-hybridized carbons (Fsp3) is 0.462. The summed E-state index contributed by atoms with van der Waals surface area (Å²) in [6.07, 6.45) is 3.77. The predicted molar refractivity (Wildman–Crippen MR) is 69.1 cm³/mol. The maximum atomic E-state index is 12.4. The normalized spacial score (nSPS) is 13.6. The number of hydrogen-bond donors (Lipinski definition) is 1. The lowest BCUT2D eigenvalue weighted by Crippen LogP contribution is -2.38. The second-order valence-electron chi connectivity index (χ2n) is 4.46. The first-order chi connectivity index (χ1) is 9.10. The van der Waals surface area contributed by atoms with Gasteiger partial charge < -0.3 is 4.98 Å². The van der Waals surface area contributed by atoms with Gasteiger partial charge in [-0.1, -0.05) is 13.3 Å². The Labute approximate surface area is 108 Å². The van der Waals surface area contributed by atoms with Crippen LogP contribution >= 0.6 is 0 Å². The molecule has 0 aromatic carbocycles. The highest BCUT2D eigenvalue weighted by Crippen LogP contribution is 2.26. The third kappa shape index (κ3) is 2.30. The first-order valence-electron chi connectivity index (χ1n) is 6.28. The number of ketones is 1. The molecule has 5 nitrogen and oxygen atoms in total. The summed E-state index contributed by atoms with van der Waals surface area (Å²) in [6.45, 7) is 0.910. The summed E-state index contributed by atoms with van der Waals surface area (Å²) in [5, 5.41) is 0. The molecule has 2 rings (SSSR count). The average Bonchev–Trinajstić information content (AvgIpc) is 2.69. The highest BCUT2D eigenvalue weighted by atomic mass is 19.1. The maximum absolute atomic E-state index is 12.4. The number of H-pyrrole nitrogens is 1. The lowest BCUT2D eigenvalue weighted by atomic mass is 10.1. The third-order valence-corrected chi connectivity index (χ3v) is 3.17. The highest BCUT2D eigenvalue weighted by molar-refractivity contribution is 6.15. The van der Waals surface area contributed by atoms with E-state index < -0.39 is 17.9 Å². The Morgan fingerprint density at radius 3 is 2.68 bits per heavy atom. The fourth-order valence-corrected chi connectivity index (χ4v) is 2.21. The molecular formula is C13H15FN2O3. The van der Waals surface area contributed by atoms with Crippen molar-refractivity contribution in [3.05, 3.63) is 38.2 Å². The van der Waals surface area contributed by atoms with E-state index in [9.17, 15) is 18.8 Å². The van der Waals surface area contributed by atoms with Gasteiger partial charge in [-0.25, -0.2) is 9.18 Å². The molecule has 0 aliphatic heterocycles. The molecule has 0 amide bonds. The van der Waals surface area contributed by atoms with Crippen LogP contribution in [0.1, 0.15) is 42.2 Å². The van der Waals surface area contributed by atoms with Gasteiger partial charge in [-0.05, 0) is 24.5 Å². The van der Waals surface area contributed by atoms with Crippen molar-refractivity contribution in [3.63, 3.8) is 0 Å². The zero-order chi connectivity index (χ0) is 14.0. The summed E-state index contributed by atoms with van der Waals surface area (Å²) in [5.41, 5.74) is -0.414. The molecular weight excluding hydrogens is 251 g/mol. The van der Waals surface area contributed by atoms with Gasteiger partial charge >= 0.3 is 5.69 Å². The van der Waals surface area contributed by atoms with Crippen molar-refractivity contribution < 1.29 is 9.18 Å². The van der Waals surface area contributed by atoms with Crippen molar-refractivity contribution >= 4 is 11.4 Å². The number of fused-ring (bicyclic) bond motifs is 1. The van der Waals surface area contributed by atoms with Crippen molar-refractivity contribution in [3.8, 4) is 0 Å². The standard InChI is InChI=1S/C13H15FN2O3/c1-2-3-4-8-7-9(17)11-10(8)12(18)16(6-5-14)13(19)15-11/h7H,2-6H2,1H3,(H,15,19). The minimum Gasteiger partial charge on any atom is -0.303 e. The van der Waals surface area contributed by atoms with E-state index in [-0.39, 0.29) is 23.6 Å². The van der Waals surface area contributed by atoms with E-state index in [4.69, 9.17) is 0 Å². The van der Waals surface area contributed by atoms with E-state index in [0.717, 1.165) is 17.4 Å². The van der Waals surface area contributed by atoms with Crippen molar-refractivity contribution in [2.45, 2.75) is 32.7 Å². The third-order valence-electron chi connectivity index (χ3n) is 3.17. The Bertz CT molecular complexity index is 655. The van der Waals surface area contributed by atoms with Crippen LogP contribution in [0, 0.1) is 0 Å². The van der Waals surface area contributed by atoms with E-state index in [0.29, 0.717) is 12.0 Å². The number of allylic oxidation sites excluding steroid dienone is 2.